The highest BCUT2D eigenvalue weighted by Crippen LogP contribution is 2.14. The average Bonchev–Trinajstić information content (AvgIpc) is 2.57. The van der Waals surface area contributed by atoms with Gasteiger partial charge in [0.1, 0.15) is 5.75 Å². The number of nitrogens with two attached hydrogens (primary N) is 2. The summed E-state index contributed by atoms with van der Waals surface area (Å²) in [5.41, 5.74) is 10.8. The molecule has 0 aliphatic carbocycles. The molecule has 0 amide bonds. The van der Waals surface area contributed by atoms with E-state index >= 15 is 0 Å². The van der Waals surface area contributed by atoms with E-state index in [1.165, 1.54) is 0 Å². The van der Waals surface area contributed by atoms with Crippen molar-refractivity contribution >= 4 is 28.0 Å². The number of guanidine groups is 1. The number of esters is 2. The second kappa shape index (κ2) is 13.5. The number of carbonyl (C=O) groups is 2. The number of ether oxygens (including phenoxy) is 2. The van der Waals surface area contributed by atoms with E-state index in [1.54, 1.807) is 31.2 Å². The maximum atomic E-state index is 11.7. The number of rotatable bonds is 9. The first-order valence-corrected chi connectivity index (χ1v) is 10.3. The lowest BCUT2D eigenvalue weighted by Crippen LogP contribution is -2.22. The van der Waals surface area contributed by atoms with E-state index in [0.717, 1.165) is 12.8 Å². The molecule has 0 aliphatic rings. The molecular formula is C17H37N3O7S. The van der Waals surface area contributed by atoms with Crippen LogP contribution in [-0.4, -0.2) is 50.3 Å². The van der Waals surface area contributed by atoms with Crippen LogP contribution in [0.25, 0.3) is 0 Å². The van der Waals surface area contributed by atoms with E-state index in [0.29, 0.717) is 43.6 Å². The topological polar surface area (TPSA) is 171 Å². The fourth-order valence-electron chi connectivity index (χ4n) is 1.82. The molecule has 0 fully saturated rings. The van der Waals surface area contributed by atoms with Crippen LogP contribution in [0.3, 0.4) is 0 Å². The van der Waals surface area contributed by atoms with Crippen molar-refractivity contribution in [3.05, 3.63) is 29.8 Å². The zero-order valence-electron chi connectivity index (χ0n) is 16.0. The molecule has 28 heavy (non-hydrogen) atoms. The van der Waals surface area contributed by atoms with Crippen LogP contribution in [0.1, 0.15) is 50.1 Å². The molecule has 10 nitrogen and oxygen atoms in total. The second-order valence-electron chi connectivity index (χ2n) is 5.57. The predicted molar refractivity (Wildman–Crippen MR) is 115 cm³/mol. The minimum atomic E-state index is -3.67. The summed E-state index contributed by atoms with van der Waals surface area (Å²) >= 11 is 0. The van der Waals surface area contributed by atoms with Crippen molar-refractivity contribution in [2.24, 2.45) is 16.5 Å². The number of aliphatic imine (C=N–C) groups is 1. The molecule has 0 heterocycles. The van der Waals surface area contributed by atoms with Crippen LogP contribution < -0.4 is 16.2 Å². The summed E-state index contributed by atoms with van der Waals surface area (Å²) in [6.45, 7) is 2.62. The predicted octanol–water partition coefficient (Wildman–Crippen LogP) is 2.34. The van der Waals surface area contributed by atoms with Gasteiger partial charge in [-0.2, -0.15) is 8.42 Å². The summed E-state index contributed by atoms with van der Waals surface area (Å²) in [7, 11) is -3.67. The van der Waals surface area contributed by atoms with Crippen molar-refractivity contribution in [2.45, 2.75) is 32.6 Å². The minimum absolute atomic E-state index is 0. The van der Waals surface area contributed by atoms with Gasteiger partial charge in [0.05, 0.1) is 18.4 Å². The molecule has 1 aromatic rings. The number of nitrogens with zero attached hydrogens (tertiary/aromatic N) is 1. The molecule has 0 radical (unpaired) electrons. The van der Waals surface area contributed by atoms with E-state index < -0.39 is 16.1 Å². The highest BCUT2D eigenvalue weighted by Gasteiger charge is 2.08. The molecule has 0 aliphatic heterocycles. The van der Waals surface area contributed by atoms with Crippen LogP contribution in [0, 0.1) is 0 Å². The van der Waals surface area contributed by atoms with Crippen molar-refractivity contribution < 1.29 is 39.2 Å². The molecule has 11 heteroatoms. The van der Waals surface area contributed by atoms with Gasteiger partial charge >= 0.3 is 11.9 Å². The molecule has 0 unspecified atom stereocenters. The van der Waals surface area contributed by atoms with E-state index in [2.05, 4.69) is 4.99 Å². The fraction of sp³-hybridized carbons (Fsp3) is 0.471. The first kappa shape index (κ1) is 25.3. The third-order valence-electron chi connectivity index (χ3n) is 2.93. The van der Waals surface area contributed by atoms with Gasteiger partial charge < -0.3 is 20.9 Å². The third kappa shape index (κ3) is 15.6. The third-order valence-corrected chi connectivity index (χ3v) is 2.93. The van der Waals surface area contributed by atoms with E-state index in [1.807, 2.05) is 0 Å². The van der Waals surface area contributed by atoms with Crippen LogP contribution in [0.2, 0.25) is 0 Å². The molecule has 1 aromatic carbocycles. The summed E-state index contributed by atoms with van der Waals surface area (Å²) in [6, 6.07) is 6.28. The SMILES string of the molecule is CCOC(=O)c1ccc(OC(=O)CCCCCN=C(N)N)cc1.CS(=O)(=O)O.[HH].[HH].[HH].[HH].[HH]. The molecule has 0 saturated carbocycles. The first-order chi connectivity index (χ1) is 13.0. The standard InChI is InChI=1S/C16H23N3O4.CH4O3S.5H2/c1-2-22-15(21)12-7-9-13(10-8-12)23-14(20)6-4-3-5-11-19-16(17)18;1-5(2,3)4;;;;;/h7-10H,2-6,11H2,1H3,(H4,17,18,19);1H3,(H,2,3,4);5*1H. The zero-order chi connectivity index (χ0) is 21.6. The Morgan fingerprint density at radius 1 is 1.14 bits per heavy atom. The number of unbranched alkanes of at least 4 members (excludes halogenated alkanes) is 2. The lowest BCUT2D eigenvalue weighted by Gasteiger charge is -2.05. The van der Waals surface area contributed by atoms with Gasteiger partial charge in [-0.15, -0.1) is 0 Å². The highest BCUT2D eigenvalue weighted by atomic mass is 32.2. The van der Waals surface area contributed by atoms with Crippen molar-refractivity contribution in [2.75, 3.05) is 19.4 Å². The maximum absolute atomic E-state index is 11.7. The molecule has 0 spiro atoms. The summed E-state index contributed by atoms with van der Waals surface area (Å²) in [5.74, 6) is -0.221. The van der Waals surface area contributed by atoms with Gasteiger partial charge in [-0.3, -0.25) is 14.3 Å². The summed E-state index contributed by atoms with van der Waals surface area (Å²) in [5, 5.41) is 0. The Bertz CT molecular complexity index is 755. The lowest BCUT2D eigenvalue weighted by molar-refractivity contribution is -0.134. The Labute approximate surface area is 172 Å². The second-order valence-corrected chi connectivity index (χ2v) is 7.04. The Morgan fingerprint density at radius 3 is 2.21 bits per heavy atom. The van der Waals surface area contributed by atoms with Crippen LogP contribution >= 0.6 is 0 Å². The first-order valence-electron chi connectivity index (χ1n) is 8.48. The Kier molecular flexibility index (Phi) is 12.2. The molecular weight excluding hydrogens is 390 g/mol. The highest BCUT2D eigenvalue weighted by molar-refractivity contribution is 7.85. The van der Waals surface area contributed by atoms with Gasteiger partial charge in [-0.05, 0) is 44.0 Å². The number of hydrogen-bond donors (Lipinski definition) is 3. The Balaban J connectivity index is -0.000000165. The van der Waals surface area contributed by atoms with Crippen LogP contribution in [-0.2, 0) is 19.6 Å². The van der Waals surface area contributed by atoms with Gasteiger partial charge in [0.25, 0.3) is 10.1 Å². The Morgan fingerprint density at radius 2 is 1.71 bits per heavy atom. The van der Waals surface area contributed by atoms with Crippen LogP contribution in [0.5, 0.6) is 5.75 Å². The number of benzene rings is 1. The van der Waals surface area contributed by atoms with Crippen molar-refractivity contribution in [3.8, 4) is 5.75 Å². The normalized spacial score (nSPS) is 10.2. The minimum Gasteiger partial charge on any atom is -0.462 e. The lowest BCUT2D eigenvalue weighted by atomic mass is 10.2. The summed E-state index contributed by atoms with van der Waals surface area (Å²) in [4.78, 5) is 27.0. The molecule has 0 atom stereocenters. The smallest absolute Gasteiger partial charge is 0.338 e. The largest absolute Gasteiger partial charge is 0.462 e. The monoisotopic (exact) mass is 427 g/mol. The fourth-order valence-corrected chi connectivity index (χ4v) is 1.82. The van der Waals surface area contributed by atoms with Gasteiger partial charge in [0, 0.05) is 20.1 Å². The van der Waals surface area contributed by atoms with E-state index in [4.69, 9.17) is 25.5 Å². The van der Waals surface area contributed by atoms with E-state index in [9.17, 15) is 18.0 Å². The van der Waals surface area contributed by atoms with Crippen LogP contribution in [0.15, 0.2) is 29.3 Å². The average molecular weight is 428 g/mol. The van der Waals surface area contributed by atoms with Gasteiger partial charge in [-0.1, -0.05) is 6.42 Å². The van der Waals surface area contributed by atoms with Crippen molar-refractivity contribution in [1.82, 2.24) is 0 Å². The molecule has 0 bridgehead atoms. The molecule has 1 rings (SSSR count). The van der Waals surface area contributed by atoms with Gasteiger partial charge in [0.15, 0.2) is 5.96 Å². The van der Waals surface area contributed by atoms with Crippen molar-refractivity contribution in [3.63, 3.8) is 0 Å². The number of hydrogen-bond acceptors (Lipinski definition) is 7. The van der Waals surface area contributed by atoms with Crippen LogP contribution in [0.4, 0.5) is 0 Å². The molecule has 0 aromatic heterocycles. The Hall–Kier alpha value is -2.66. The zero-order valence-corrected chi connectivity index (χ0v) is 16.8. The van der Waals surface area contributed by atoms with Crippen molar-refractivity contribution in [1.29, 1.82) is 0 Å². The van der Waals surface area contributed by atoms with E-state index in [-0.39, 0.29) is 19.1 Å². The molecule has 0 saturated heterocycles. The van der Waals surface area contributed by atoms with Gasteiger partial charge in [0.2, 0.25) is 0 Å². The summed E-state index contributed by atoms with van der Waals surface area (Å²) < 4.78 is 35.9. The number of carbonyl (C=O) groups excluding carboxylic acids is 2. The summed E-state index contributed by atoms with van der Waals surface area (Å²) in [6.07, 6.45) is 3.40. The molecule has 5 N–H and O–H groups in total. The van der Waals surface area contributed by atoms with Gasteiger partial charge in [-0.25, -0.2) is 4.79 Å². The maximum Gasteiger partial charge on any atom is 0.338 e. The molecule has 168 valence electrons. The quantitative estimate of drug-likeness (QED) is 0.133.